The van der Waals surface area contributed by atoms with E-state index in [0.717, 1.165) is 30.6 Å². The van der Waals surface area contributed by atoms with Gasteiger partial charge < -0.3 is 9.84 Å². The average Bonchev–Trinajstić information content (AvgIpc) is 2.60. The standard InChI is InChI=1S/C24H36O2/c1-6-7-8-9-10-11-19-15-22(25)24(23(16-19)26-5)21-14-18(4)12-13-20(21)17(2)3/h14-16,20-21,25H,2,6-13H2,1,3-5H3/t20-,21+/m0/s1. The monoisotopic (exact) mass is 356 g/mol. The Hall–Kier alpha value is -1.70. The molecule has 1 aromatic rings. The summed E-state index contributed by atoms with van der Waals surface area (Å²) in [4.78, 5) is 0. The van der Waals surface area contributed by atoms with E-state index in [2.05, 4.69) is 39.5 Å². The second-order valence-corrected chi connectivity index (χ2v) is 7.93. The third-order valence-corrected chi connectivity index (χ3v) is 5.68. The smallest absolute Gasteiger partial charge is 0.126 e. The highest BCUT2D eigenvalue weighted by molar-refractivity contribution is 5.52. The lowest BCUT2D eigenvalue weighted by molar-refractivity contribution is 0.381. The van der Waals surface area contributed by atoms with Gasteiger partial charge in [-0.15, -0.1) is 0 Å². The highest BCUT2D eigenvalue weighted by Gasteiger charge is 2.30. The lowest BCUT2D eigenvalue weighted by Gasteiger charge is -2.32. The number of phenols is 1. The molecule has 144 valence electrons. The van der Waals surface area contributed by atoms with Crippen molar-refractivity contribution in [2.75, 3.05) is 7.11 Å². The Morgan fingerprint density at radius 1 is 1.23 bits per heavy atom. The van der Waals surface area contributed by atoms with E-state index in [1.165, 1.54) is 48.8 Å². The Morgan fingerprint density at radius 3 is 2.62 bits per heavy atom. The average molecular weight is 357 g/mol. The van der Waals surface area contributed by atoms with Crippen LogP contribution < -0.4 is 4.74 Å². The first-order valence-corrected chi connectivity index (χ1v) is 10.2. The molecular formula is C24H36O2. The highest BCUT2D eigenvalue weighted by atomic mass is 16.5. The molecular weight excluding hydrogens is 320 g/mol. The third-order valence-electron chi connectivity index (χ3n) is 5.68. The molecule has 1 N–H and O–H groups in total. The van der Waals surface area contributed by atoms with Gasteiger partial charge in [-0.1, -0.05) is 56.4 Å². The number of ether oxygens (including phenoxy) is 1. The molecule has 0 amide bonds. The largest absolute Gasteiger partial charge is 0.507 e. The Bertz CT molecular complexity index is 642. The fourth-order valence-electron chi connectivity index (χ4n) is 4.15. The van der Waals surface area contributed by atoms with Gasteiger partial charge >= 0.3 is 0 Å². The summed E-state index contributed by atoms with van der Waals surface area (Å²) in [5.41, 5.74) is 4.66. The SMILES string of the molecule is C=C(C)[C@@H]1CCC(C)=C[C@H]1c1c(O)cc(CCCCCCC)cc1OC. The van der Waals surface area contributed by atoms with Crippen LogP contribution in [0, 0.1) is 5.92 Å². The number of phenolic OH excluding ortho intramolecular Hbond substituents is 1. The topological polar surface area (TPSA) is 29.5 Å². The van der Waals surface area contributed by atoms with Crippen molar-refractivity contribution in [2.45, 2.75) is 78.1 Å². The second-order valence-electron chi connectivity index (χ2n) is 7.93. The maximum absolute atomic E-state index is 10.8. The van der Waals surface area contributed by atoms with Gasteiger partial charge in [-0.2, -0.15) is 0 Å². The zero-order valence-electron chi connectivity index (χ0n) is 17.1. The summed E-state index contributed by atoms with van der Waals surface area (Å²) in [6.45, 7) is 10.7. The maximum atomic E-state index is 10.8. The van der Waals surface area contributed by atoms with Crippen LogP contribution in [0.2, 0.25) is 0 Å². The van der Waals surface area contributed by atoms with Gasteiger partial charge in [-0.05, 0) is 63.1 Å². The zero-order valence-corrected chi connectivity index (χ0v) is 17.1. The molecule has 2 atom stereocenters. The van der Waals surface area contributed by atoms with Gasteiger partial charge in [0, 0.05) is 11.5 Å². The molecule has 2 nitrogen and oxygen atoms in total. The van der Waals surface area contributed by atoms with Gasteiger partial charge in [0.25, 0.3) is 0 Å². The summed E-state index contributed by atoms with van der Waals surface area (Å²) in [6.07, 6.45) is 11.8. The molecule has 0 aromatic heterocycles. The zero-order chi connectivity index (χ0) is 19.1. The van der Waals surface area contributed by atoms with Crippen LogP contribution in [-0.2, 0) is 6.42 Å². The fraction of sp³-hybridized carbons (Fsp3) is 0.583. The van der Waals surface area contributed by atoms with E-state index in [4.69, 9.17) is 4.74 Å². The fourth-order valence-corrected chi connectivity index (χ4v) is 4.15. The van der Waals surface area contributed by atoms with Crippen molar-refractivity contribution >= 4 is 0 Å². The van der Waals surface area contributed by atoms with Crippen LogP contribution in [0.5, 0.6) is 11.5 Å². The molecule has 0 aliphatic heterocycles. The van der Waals surface area contributed by atoms with E-state index in [1.807, 2.05) is 6.07 Å². The molecule has 1 aliphatic rings. The van der Waals surface area contributed by atoms with Crippen LogP contribution in [0.15, 0.2) is 35.9 Å². The predicted octanol–water partition coefficient (Wildman–Crippen LogP) is 6.93. The summed E-state index contributed by atoms with van der Waals surface area (Å²) in [7, 11) is 1.71. The van der Waals surface area contributed by atoms with Crippen molar-refractivity contribution < 1.29 is 9.84 Å². The first-order chi connectivity index (χ1) is 12.5. The minimum atomic E-state index is 0.148. The van der Waals surface area contributed by atoms with E-state index in [0.29, 0.717) is 11.7 Å². The van der Waals surface area contributed by atoms with Crippen molar-refractivity contribution in [1.82, 2.24) is 0 Å². The van der Waals surface area contributed by atoms with Crippen LogP contribution >= 0.6 is 0 Å². The number of aromatic hydroxyl groups is 1. The molecule has 0 bridgehead atoms. The van der Waals surface area contributed by atoms with Gasteiger partial charge in [0.1, 0.15) is 11.5 Å². The third kappa shape index (κ3) is 5.16. The molecule has 0 unspecified atom stereocenters. The first kappa shape index (κ1) is 20.6. The first-order valence-electron chi connectivity index (χ1n) is 10.2. The van der Waals surface area contributed by atoms with E-state index in [-0.39, 0.29) is 5.92 Å². The lowest BCUT2D eigenvalue weighted by atomic mass is 9.73. The number of rotatable bonds is 9. The summed E-state index contributed by atoms with van der Waals surface area (Å²) >= 11 is 0. The maximum Gasteiger partial charge on any atom is 0.126 e. The van der Waals surface area contributed by atoms with E-state index >= 15 is 0 Å². The molecule has 26 heavy (non-hydrogen) atoms. The van der Waals surface area contributed by atoms with Crippen molar-refractivity contribution in [3.8, 4) is 11.5 Å². The quantitative estimate of drug-likeness (QED) is 0.384. The van der Waals surface area contributed by atoms with Crippen molar-refractivity contribution in [3.05, 3.63) is 47.1 Å². The Kier molecular flexibility index (Phi) is 7.81. The molecule has 0 saturated carbocycles. The van der Waals surface area contributed by atoms with Crippen molar-refractivity contribution in [3.63, 3.8) is 0 Å². The van der Waals surface area contributed by atoms with Crippen LogP contribution in [0.4, 0.5) is 0 Å². The number of hydrogen-bond acceptors (Lipinski definition) is 2. The molecule has 2 heteroatoms. The normalized spacial score (nSPS) is 19.9. The molecule has 0 spiro atoms. The predicted molar refractivity (Wildman–Crippen MR) is 111 cm³/mol. The number of unbranched alkanes of at least 4 members (excludes halogenated alkanes) is 4. The lowest BCUT2D eigenvalue weighted by Crippen LogP contribution is -2.17. The Labute approximate surface area is 160 Å². The summed E-state index contributed by atoms with van der Waals surface area (Å²) in [5.74, 6) is 1.69. The number of hydrogen-bond donors (Lipinski definition) is 1. The number of aryl methyl sites for hydroxylation is 1. The van der Waals surface area contributed by atoms with E-state index < -0.39 is 0 Å². The van der Waals surface area contributed by atoms with Crippen molar-refractivity contribution in [2.24, 2.45) is 5.92 Å². The minimum absolute atomic E-state index is 0.148. The van der Waals surface area contributed by atoms with Crippen LogP contribution in [0.25, 0.3) is 0 Å². The molecule has 1 aromatic carbocycles. The van der Waals surface area contributed by atoms with Gasteiger partial charge in [-0.3, -0.25) is 0 Å². The molecule has 1 aliphatic carbocycles. The number of allylic oxidation sites excluding steroid dienone is 3. The summed E-state index contributed by atoms with van der Waals surface area (Å²) < 4.78 is 5.71. The minimum Gasteiger partial charge on any atom is -0.507 e. The van der Waals surface area contributed by atoms with E-state index in [9.17, 15) is 5.11 Å². The molecule has 0 radical (unpaired) electrons. The summed E-state index contributed by atoms with van der Waals surface area (Å²) in [6, 6.07) is 4.08. The highest BCUT2D eigenvalue weighted by Crippen LogP contribution is 2.46. The van der Waals surface area contributed by atoms with Crippen LogP contribution in [0.3, 0.4) is 0 Å². The molecule has 0 heterocycles. The van der Waals surface area contributed by atoms with Gasteiger partial charge in [-0.25, -0.2) is 0 Å². The van der Waals surface area contributed by atoms with Crippen LogP contribution in [-0.4, -0.2) is 12.2 Å². The van der Waals surface area contributed by atoms with Crippen molar-refractivity contribution in [1.29, 1.82) is 0 Å². The number of methoxy groups -OCH3 is 1. The second kappa shape index (κ2) is 9.85. The Balaban J connectivity index is 2.25. The Morgan fingerprint density at radius 2 is 1.96 bits per heavy atom. The van der Waals surface area contributed by atoms with E-state index in [1.54, 1.807) is 7.11 Å². The van der Waals surface area contributed by atoms with Gasteiger partial charge in [0.05, 0.1) is 7.11 Å². The summed E-state index contributed by atoms with van der Waals surface area (Å²) in [5, 5.41) is 10.8. The van der Waals surface area contributed by atoms with Gasteiger partial charge in [0.2, 0.25) is 0 Å². The molecule has 0 fully saturated rings. The number of benzene rings is 1. The van der Waals surface area contributed by atoms with Crippen LogP contribution in [0.1, 0.15) is 82.8 Å². The molecule has 2 rings (SSSR count). The molecule has 0 saturated heterocycles. The van der Waals surface area contributed by atoms with Gasteiger partial charge in [0.15, 0.2) is 0 Å².